The van der Waals surface area contributed by atoms with Crippen LogP contribution in [0.3, 0.4) is 0 Å². The van der Waals surface area contributed by atoms with E-state index in [0.717, 1.165) is 27.4 Å². The Hall–Kier alpha value is -3.40. The molecule has 1 aliphatic carbocycles. The summed E-state index contributed by atoms with van der Waals surface area (Å²) in [6.07, 6.45) is 10.1. The molecule has 162 valence electrons. The van der Waals surface area contributed by atoms with Crippen molar-refractivity contribution in [3.63, 3.8) is 0 Å². The number of hydrogen-bond donors (Lipinski definition) is 1. The minimum atomic E-state index is 0.546. The maximum absolute atomic E-state index is 4.79. The molecule has 0 unspecified atom stereocenters. The smallest absolute Gasteiger partial charge is 0.206 e. The van der Waals surface area contributed by atoms with E-state index in [1.807, 2.05) is 12.4 Å². The first-order valence-corrected chi connectivity index (χ1v) is 11.7. The van der Waals surface area contributed by atoms with E-state index in [2.05, 4.69) is 53.5 Å². The van der Waals surface area contributed by atoms with E-state index >= 15 is 0 Å². The molecule has 10 heteroatoms. The van der Waals surface area contributed by atoms with Gasteiger partial charge in [0.25, 0.3) is 0 Å². The highest BCUT2D eigenvalue weighted by Crippen LogP contribution is 2.30. The summed E-state index contributed by atoms with van der Waals surface area (Å²) in [4.78, 5) is 15.4. The number of tetrazole rings is 1. The molecule has 0 spiro atoms. The molecule has 5 aromatic rings. The van der Waals surface area contributed by atoms with E-state index in [1.165, 1.54) is 47.2 Å². The lowest BCUT2D eigenvalue weighted by Gasteiger charge is -2.22. The molecule has 0 radical (unpaired) electrons. The molecule has 0 aliphatic heterocycles. The molecule has 1 aromatic carbocycles. The van der Waals surface area contributed by atoms with Gasteiger partial charge in [0.1, 0.15) is 5.52 Å². The highest BCUT2D eigenvalue weighted by Gasteiger charge is 2.15. The van der Waals surface area contributed by atoms with Crippen molar-refractivity contribution in [3.05, 3.63) is 42.4 Å². The minimum absolute atomic E-state index is 0.546. The van der Waals surface area contributed by atoms with Crippen LogP contribution in [0.1, 0.15) is 37.7 Å². The number of pyridine rings is 1. The zero-order chi connectivity index (χ0) is 21.5. The second-order valence-corrected chi connectivity index (χ2v) is 9.37. The predicted molar refractivity (Wildman–Crippen MR) is 125 cm³/mol. The van der Waals surface area contributed by atoms with Crippen LogP contribution < -0.4 is 5.32 Å². The van der Waals surface area contributed by atoms with Crippen LogP contribution in [0.2, 0.25) is 0 Å². The van der Waals surface area contributed by atoms with Crippen LogP contribution in [0.5, 0.6) is 0 Å². The number of rotatable bonds is 5. The Labute approximate surface area is 188 Å². The van der Waals surface area contributed by atoms with Crippen molar-refractivity contribution in [2.45, 2.75) is 44.7 Å². The standard InChI is InChI=1S/C22H23N9S/c1-30-28-20(27-29-30)15-10-18-21(23-11-15)31(13-24-18)12-14-7-8-17-19(9-14)32-22(26-17)25-16-5-3-2-4-6-16/h7-11,13,16H,2-6,12H2,1H3,(H,25,26). The summed E-state index contributed by atoms with van der Waals surface area (Å²) in [5.41, 5.74) is 4.70. The fourth-order valence-electron chi connectivity index (χ4n) is 4.33. The molecule has 4 heterocycles. The van der Waals surface area contributed by atoms with Gasteiger partial charge in [-0.2, -0.15) is 4.80 Å². The number of benzene rings is 1. The average Bonchev–Trinajstić information content (AvgIpc) is 3.52. The van der Waals surface area contributed by atoms with Crippen LogP contribution in [0, 0.1) is 0 Å². The van der Waals surface area contributed by atoms with Gasteiger partial charge in [-0.05, 0) is 41.8 Å². The lowest BCUT2D eigenvalue weighted by molar-refractivity contribution is 0.462. The Balaban J connectivity index is 1.23. The van der Waals surface area contributed by atoms with E-state index < -0.39 is 0 Å². The van der Waals surface area contributed by atoms with Crippen LogP contribution in [-0.4, -0.2) is 45.8 Å². The van der Waals surface area contributed by atoms with Crippen LogP contribution in [0.25, 0.3) is 32.8 Å². The summed E-state index contributed by atoms with van der Waals surface area (Å²) in [6.45, 7) is 0.700. The summed E-state index contributed by atoms with van der Waals surface area (Å²) >= 11 is 1.74. The molecular formula is C22H23N9S. The molecule has 4 aromatic heterocycles. The number of thiazole rings is 1. The fraction of sp³-hybridized carbons (Fsp3) is 0.364. The lowest BCUT2D eigenvalue weighted by Crippen LogP contribution is -2.21. The summed E-state index contributed by atoms with van der Waals surface area (Å²) < 4.78 is 3.27. The van der Waals surface area contributed by atoms with Gasteiger partial charge in [0.15, 0.2) is 10.8 Å². The lowest BCUT2D eigenvalue weighted by atomic mass is 9.96. The van der Waals surface area contributed by atoms with Gasteiger partial charge < -0.3 is 9.88 Å². The molecule has 1 N–H and O–H groups in total. The largest absolute Gasteiger partial charge is 0.359 e. The Morgan fingerprint density at radius 1 is 1.09 bits per heavy atom. The van der Waals surface area contributed by atoms with E-state index in [1.54, 1.807) is 24.6 Å². The number of aryl methyl sites for hydroxylation is 1. The Morgan fingerprint density at radius 2 is 2.00 bits per heavy atom. The fourth-order valence-corrected chi connectivity index (χ4v) is 5.34. The molecular weight excluding hydrogens is 422 g/mol. The van der Waals surface area contributed by atoms with Crippen molar-refractivity contribution in [1.29, 1.82) is 0 Å². The first-order chi connectivity index (χ1) is 15.7. The topological polar surface area (TPSA) is 99.2 Å². The Kier molecular flexibility index (Phi) is 4.79. The Morgan fingerprint density at radius 3 is 2.84 bits per heavy atom. The molecule has 1 saturated carbocycles. The molecule has 0 atom stereocenters. The second kappa shape index (κ2) is 7.94. The first-order valence-electron chi connectivity index (χ1n) is 10.9. The molecule has 1 aliphatic rings. The van der Waals surface area contributed by atoms with Crippen LogP contribution in [0.4, 0.5) is 5.13 Å². The number of hydrogen-bond acceptors (Lipinski definition) is 8. The summed E-state index contributed by atoms with van der Waals surface area (Å²) in [7, 11) is 1.74. The molecule has 9 nitrogen and oxygen atoms in total. The zero-order valence-electron chi connectivity index (χ0n) is 17.8. The third-order valence-corrected chi connectivity index (χ3v) is 6.91. The maximum Gasteiger partial charge on any atom is 0.206 e. The normalized spacial score (nSPS) is 15.0. The molecule has 32 heavy (non-hydrogen) atoms. The molecule has 0 amide bonds. The monoisotopic (exact) mass is 445 g/mol. The van der Waals surface area contributed by atoms with Crippen molar-refractivity contribution in [2.75, 3.05) is 5.32 Å². The molecule has 1 fully saturated rings. The third-order valence-electron chi connectivity index (χ3n) is 5.96. The molecule has 0 bridgehead atoms. The zero-order valence-corrected chi connectivity index (χ0v) is 18.6. The van der Waals surface area contributed by atoms with E-state index in [-0.39, 0.29) is 0 Å². The van der Waals surface area contributed by atoms with Crippen molar-refractivity contribution < 1.29 is 0 Å². The van der Waals surface area contributed by atoms with Gasteiger partial charge in [0.05, 0.1) is 30.1 Å². The third kappa shape index (κ3) is 3.70. The minimum Gasteiger partial charge on any atom is -0.359 e. The quantitative estimate of drug-likeness (QED) is 0.436. The number of nitrogens with zero attached hydrogens (tertiary/aromatic N) is 8. The summed E-state index contributed by atoms with van der Waals surface area (Å²) in [5, 5.41) is 16.9. The number of anilines is 1. The predicted octanol–water partition coefficient (Wildman–Crippen LogP) is 4.02. The van der Waals surface area contributed by atoms with Gasteiger partial charge in [-0.15, -0.1) is 10.2 Å². The van der Waals surface area contributed by atoms with Crippen molar-refractivity contribution in [2.24, 2.45) is 7.05 Å². The van der Waals surface area contributed by atoms with Gasteiger partial charge in [-0.25, -0.2) is 15.0 Å². The van der Waals surface area contributed by atoms with Crippen molar-refractivity contribution in [1.82, 2.24) is 39.7 Å². The van der Waals surface area contributed by atoms with E-state index in [0.29, 0.717) is 18.4 Å². The van der Waals surface area contributed by atoms with Gasteiger partial charge in [-0.1, -0.05) is 36.7 Å². The summed E-state index contributed by atoms with van der Waals surface area (Å²) in [6, 6.07) is 8.98. The Bertz CT molecular complexity index is 1390. The van der Waals surface area contributed by atoms with Gasteiger partial charge in [-0.3, -0.25) is 0 Å². The summed E-state index contributed by atoms with van der Waals surface area (Å²) in [5.74, 6) is 0.546. The molecule has 6 rings (SSSR count). The second-order valence-electron chi connectivity index (χ2n) is 8.34. The van der Waals surface area contributed by atoms with Crippen LogP contribution >= 0.6 is 11.3 Å². The molecule has 0 saturated heterocycles. The van der Waals surface area contributed by atoms with Crippen LogP contribution in [0.15, 0.2) is 36.8 Å². The highest BCUT2D eigenvalue weighted by atomic mass is 32.1. The van der Waals surface area contributed by atoms with E-state index in [4.69, 9.17) is 4.98 Å². The van der Waals surface area contributed by atoms with Gasteiger partial charge in [0.2, 0.25) is 5.82 Å². The van der Waals surface area contributed by atoms with Gasteiger partial charge in [0, 0.05) is 17.8 Å². The van der Waals surface area contributed by atoms with Gasteiger partial charge >= 0.3 is 0 Å². The van der Waals surface area contributed by atoms with Crippen molar-refractivity contribution in [3.8, 4) is 11.4 Å². The number of aromatic nitrogens is 8. The van der Waals surface area contributed by atoms with Crippen molar-refractivity contribution >= 4 is 37.8 Å². The number of nitrogens with one attached hydrogen (secondary N) is 1. The average molecular weight is 446 g/mol. The van der Waals surface area contributed by atoms with Crippen LogP contribution in [-0.2, 0) is 13.6 Å². The number of imidazole rings is 1. The van der Waals surface area contributed by atoms with E-state index in [9.17, 15) is 0 Å². The maximum atomic E-state index is 4.79. The number of fused-ring (bicyclic) bond motifs is 2. The first kappa shape index (κ1) is 19.3. The SMILES string of the molecule is Cn1nnc(-c2cnc3c(c2)ncn3Cc2ccc3nc(NC4CCCCC4)sc3c2)n1. The highest BCUT2D eigenvalue weighted by molar-refractivity contribution is 7.22.